The quantitative estimate of drug-likeness (QED) is 0.505. The highest BCUT2D eigenvalue weighted by Crippen LogP contribution is 2.24. The minimum absolute atomic E-state index is 0.0325. The van der Waals surface area contributed by atoms with Crippen LogP contribution < -0.4 is 0 Å². The van der Waals surface area contributed by atoms with Crippen molar-refractivity contribution in [2.45, 2.75) is 51.7 Å². The average molecular weight is 187 g/mol. The zero-order chi connectivity index (χ0) is 10.1. The molecule has 1 amide bonds. The standard InChI is InChI=1S/C9H17NO3/c1-9(2,3)13-8(11)10(12)7-5-4-6-7/h7,12H,4-6H2,1-3H3. The molecule has 0 bridgehead atoms. The van der Waals surface area contributed by atoms with Crippen molar-refractivity contribution in [3.05, 3.63) is 0 Å². The maximum atomic E-state index is 11.2. The van der Waals surface area contributed by atoms with Crippen molar-refractivity contribution in [2.24, 2.45) is 0 Å². The third-order valence-corrected chi connectivity index (χ3v) is 2.00. The van der Waals surface area contributed by atoms with Gasteiger partial charge in [0, 0.05) is 0 Å². The molecule has 4 nitrogen and oxygen atoms in total. The number of hydrogen-bond donors (Lipinski definition) is 1. The number of hydrogen-bond acceptors (Lipinski definition) is 3. The van der Waals surface area contributed by atoms with E-state index in [9.17, 15) is 10.0 Å². The van der Waals surface area contributed by atoms with E-state index < -0.39 is 11.7 Å². The van der Waals surface area contributed by atoms with Gasteiger partial charge in [-0.15, -0.1) is 0 Å². The van der Waals surface area contributed by atoms with Gasteiger partial charge in [-0.2, -0.15) is 5.06 Å². The normalized spacial score (nSPS) is 17.8. The molecule has 0 unspecified atom stereocenters. The molecule has 1 aliphatic carbocycles. The third kappa shape index (κ3) is 2.88. The van der Waals surface area contributed by atoms with E-state index in [1.54, 1.807) is 20.8 Å². The lowest BCUT2D eigenvalue weighted by Crippen LogP contribution is -2.44. The summed E-state index contributed by atoms with van der Waals surface area (Å²) in [6, 6.07) is -0.0325. The molecule has 1 rings (SSSR count). The lowest BCUT2D eigenvalue weighted by atomic mass is 9.93. The number of nitrogens with zero attached hydrogens (tertiary/aromatic N) is 1. The molecule has 1 fully saturated rings. The Kier molecular flexibility index (Phi) is 2.81. The molecule has 0 radical (unpaired) electrons. The van der Waals surface area contributed by atoms with Crippen molar-refractivity contribution >= 4 is 6.09 Å². The fourth-order valence-corrected chi connectivity index (χ4v) is 1.09. The van der Waals surface area contributed by atoms with Gasteiger partial charge in [-0.1, -0.05) is 0 Å². The molecule has 0 aromatic rings. The Morgan fingerprint density at radius 3 is 2.31 bits per heavy atom. The van der Waals surface area contributed by atoms with Gasteiger partial charge in [0.25, 0.3) is 0 Å². The lowest BCUT2D eigenvalue weighted by molar-refractivity contribution is -0.135. The van der Waals surface area contributed by atoms with Crippen LogP contribution in [0.2, 0.25) is 0 Å². The van der Waals surface area contributed by atoms with Gasteiger partial charge in [-0.05, 0) is 40.0 Å². The van der Waals surface area contributed by atoms with Crippen molar-refractivity contribution in [3.63, 3.8) is 0 Å². The molecule has 0 aliphatic heterocycles. The first-order valence-corrected chi connectivity index (χ1v) is 4.61. The molecule has 4 heteroatoms. The maximum absolute atomic E-state index is 11.2. The molecule has 1 saturated carbocycles. The van der Waals surface area contributed by atoms with Crippen molar-refractivity contribution in [3.8, 4) is 0 Å². The molecule has 1 aliphatic rings. The number of carbonyl (C=O) groups is 1. The number of ether oxygens (including phenoxy) is 1. The number of rotatable bonds is 1. The smallest absolute Gasteiger partial charge is 0.434 e. The largest absolute Gasteiger partial charge is 0.442 e. The number of hydroxylamine groups is 2. The Balaban J connectivity index is 2.38. The van der Waals surface area contributed by atoms with E-state index in [0.717, 1.165) is 24.3 Å². The Bertz CT molecular complexity index is 194. The molecule has 0 aromatic heterocycles. The highest BCUT2D eigenvalue weighted by atomic mass is 16.6. The van der Waals surface area contributed by atoms with Crippen LogP contribution in [0.5, 0.6) is 0 Å². The van der Waals surface area contributed by atoms with E-state index in [0.29, 0.717) is 0 Å². The highest BCUT2D eigenvalue weighted by Gasteiger charge is 2.30. The summed E-state index contributed by atoms with van der Waals surface area (Å²) in [7, 11) is 0. The SMILES string of the molecule is CC(C)(C)OC(=O)N(O)C1CCC1. The van der Waals surface area contributed by atoms with Gasteiger partial charge in [0.15, 0.2) is 0 Å². The second kappa shape index (κ2) is 3.54. The highest BCUT2D eigenvalue weighted by molar-refractivity contribution is 5.67. The molecule has 0 aromatic carbocycles. The fraction of sp³-hybridized carbons (Fsp3) is 0.889. The summed E-state index contributed by atoms with van der Waals surface area (Å²) in [5.74, 6) is 0. The third-order valence-electron chi connectivity index (χ3n) is 2.00. The minimum Gasteiger partial charge on any atom is -0.442 e. The first-order chi connectivity index (χ1) is 5.90. The molecule has 0 saturated heterocycles. The monoisotopic (exact) mass is 187 g/mol. The van der Waals surface area contributed by atoms with Crippen LogP contribution in [0.25, 0.3) is 0 Å². The van der Waals surface area contributed by atoms with Crippen LogP contribution >= 0.6 is 0 Å². The van der Waals surface area contributed by atoms with Crippen LogP contribution in [-0.2, 0) is 4.74 Å². The summed E-state index contributed by atoms with van der Waals surface area (Å²) in [5.41, 5.74) is -0.540. The molecule has 13 heavy (non-hydrogen) atoms. The van der Waals surface area contributed by atoms with Gasteiger partial charge < -0.3 is 4.74 Å². The van der Waals surface area contributed by atoms with Crippen LogP contribution in [-0.4, -0.2) is 28.0 Å². The summed E-state index contributed by atoms with van der Waals surface area (Å²) in [5, 5.41) is 10.1. The Labute approximate surface area is 78.4 Å². The Hall–Kier alpha value is -0.770. The predicted molar refractivity (Wildman–Crippen MR) is 47.5 cm³/mol. The van der Waals surface area contributed by atoms with E-state index in [-0.39, 0.29) is 6.04 Å². The maximum Gasteiger partial charge on any atom is 0.434 e. The van der Waals surface area contributed by atoms with Gasteiger partial charge in [-0.25, -0.2) is 4.79 Å². The summed E-state index contributed by atoms with van der Waals surface area (Å²) in [6.07, 6.45) is 2.17. The summed E-state index contributed by atoms with van der Waals surface area (Å²) in [4.78, 5) is 11.2. The predicted octanol–water partition coefficient (Wildman–Crippen LogP) is 2.17. The van der Waals surface area contributed by atoms with Crippen LogP contribution in [0.3, 0.4) is 0 Å². The number of amides is 1. The fourth-order valence-electron chi connectivity index (χ4n) is 1.09. The van der Waals surface area contributed by atoms with Gasteiger partial charge >= 0.3 is 6.09 Å². The topological polar surface area (TPSA) is 49.8 Å². The van der Waals surface area contributed by atoms with Crippen LogP contribution in [0.15, 0.2) is 0 Å². The van der Waals surface area contributed by atoms with Gasteiger partial charge in [0.1, 0.15) is 5.60 Å². The molecule has 1 N–H and O–H groups in total. The average Bonchev–Trinajstić information content (AvgIpc) is 1.78. The van der Waals surface area contributed by atoms with E-state index >= 15 is 0 Å². The lowest BCUT2D eigenvalue weighted by Gasteiger charge is -2.33. The molecular formula is C9H17NO3. The molecule has 76 valence electrons. The van der Waals surface area contributed by atoms with E-state index in [1.165, 1.54) is 0 Å². The van der Waals surface area contributed by atoms with Crippen LogP contribution in [0, 0.1) is 0 Å². The zero-order valence-corrected chi connectivity index (χ0v) is 8.41. The zero-order valence-electron chi connectivity index (χ0n) is 8.41. The Morgan fingerprint density at radius 1 is 1.46 bits per heavy atom. The van der Waals surface area contributed by atoms with Crippen molar-refractivity contribution < 1.29 is 14.7 Å². The van der Waals surface area contributed by atoms with E-state index in [1.807, 2.05) is 0 Å². The van der Waals surface area contributed by atoms with Crippen LogP contribution in [0.1, 0.15) is 40.0 Å². The second-order valence-corrected chi connectivity index (χ2v) is 4.41. The van der Waals surface area contributed by atoms with E-state index in [4.69, 9.17) is 4.74 Å². The number of carbonyl (C=O) groups excluding carboxylic acids is 1. The van der Waals surface area contributed by atoms with Gasteiger partial charge in [-0.3, -0.25) is 5.21 Å². The van der Waals surface area contributed by atoms with Gasteiger partial charge in [0.2, 0.25) is 0 Å². The molecule has 0 atom stereocenters. The molecule has 0 spiro atoms. The molecular weight excluding hydrogens is 170 g/mol. The van der Waals surface area contributed by atoms with E-state index in [2.05, 4.69) is 0 Å². The summed E-state index contributed by atoms with van der Waals surface area (Å²) >= 11 is 0. The molecule has 0 heterocycles. The van der Waals surface area contributed by atoms with Gasteiger partial charge in [0.05, 0.1) is 6.04 Å². The minimum atomic E-state index is -0.641. The summed E-state index contributed by atoms with van der Waals surface area (Å²) < 4.78 is 4.99. The van der Waals surface area contributed by atoms with Crippen LogP contribution in [0.4, 0.5) is 4.79 Å². The first kappa shape index (κ1) is 10.3. The second-order valence-electron chi connectivity index (χ2n) is 4.41. The first-order valence-electron chi connectivity index (χ1n) is 4.61. The van der Waals surface area contributed by atoms with Crippen molar-refractivity contribution in [1.82, 2.24) is 5.06 Å². The summed E-state index contributed by atoms with van der Waals surface area (Å²) in [6.45, 7) is 5.33. The van der Waals surface area contributed by atoms with Crippen molar-refractivity contribution in [2.75, 3.05) is 0 Å². The Morgan fingerprint density at radius 2 is 2.00 bits per heavy atom. The van der Waals surface area contributed by atoms with Crippen molar-refractivity contribution in [1.29, 1.82) is 0 Å².